The molecule has 0 bridgehead atoms. The zero-order valence-electron chi connectivity index (χ0n) is 14.8. The highest BCUT2D eigenvalue weighted by atomic mass is 16.2. The summed E-state index contributed by atoms with van der Waals surface area (Å²) in [7, 11) is 0. The second kappa shape index (κ2) is 6.27. The number of carbonyl (C=O) groups is 3. The zero-order chi connectivity index (χ0) is 17.6. The van der Waals surface area contributed by atoms with Crippen molar-refractivity contribution in [3.63, 3.8) is 0 Å². The Balaban J connectivity index is 1.34. The normalized spacial score (nSPS) is 39.1. The van der Waals surface area contributed by atoms with Gasteiger partial charge in [0.25, 0.3) is 5.91 Å². The van der Waals surface area contributed by atoms with Crippen LogP contribution in [-0.4, -0.2) is 53.5 Å². The van der Waals surface area contributed by atoms with Crippen molar-refractivity contribution in [3.8, 4) is 0 Å². The molecule has 0 radical (unpaired) electrons. The number of rotatable bonds is 2. The Morgan fingerprint density at radius 1 is 1.12 bits per heavy atom. The van der Waals surface area contributed by atoms with Crippen LogP contribution in [-0.2, 0) is 9.59 Å². The smallest absolute Gasteiger partial charge is 0.322 e. The second-order valence-corrected chi connectivity index (χ2v) is 8.32. The maximum absolute atomic E-state index is 12.9. The number of amides is 4. The van der Waals surface area contributed by atoms with E-state index >= 15 is 0 Å². The standard InChI is InChI=1S/C18H28N4O3/c1-18(16(24)20-17(25)21-18)12-6-8-22(9-7-12)15(23)14-10-11-4-2-3-5-13(11)19-14/h11-14,19H,2-10H2,1H3,(H2,20,21,24,25). The van der Waals surface area contributed by atoms with Gasteiger partial charge in [0.2, 0.25) is 5.91 Å². The first-order chi connectivity index (χ1) is 12.0. The van der Waals surface area contributed by atoms with E-state index in [1.165, 1.54) is 25.7 Å². The van der Waals surface area contributed by atoms with Crippen molar-refractivity contribution in [2.24, 2.45) is 11.8 Å². The molecule has 4 atom stereocenters. The van der Waals surface area contributed by atoms with Crippen molar-refractivity contribution < 1.29 is 14.4 Å². The van der Waals surface area contributed by atoms with Gasteiger partial charge in [-0.3, -0.25) is 14.9 Å². The molecule has 3 N–H and O–H groups in total. The van der Waals surface area contributed by atoms with Crippen molar-refractivity contribution in [1.82, 2.24) is 20.9 Å². The maximum atomic E-state index is 12.9. The third-order valence-electron chi connectivity index (χ3n) is 6.86. The van der Waals surface area contributed by atoms with E-state index in [4.69, 9.17) is 0 Å². The Morgan fingerprint density at radius 3 is 2.48 bits per heavy atom. The molecule has 138 valence electrons. The van der Waals surface area contributed by atoms with Crippen molar-refractivity contribution >= 4 is 17.8 Å². The highest BCUT2D eigenvalue weighted by molar-refractivity contribution is 6.07. The van der Waals surface area contributed by atoms with Crippen LogP contribution in [0.25, 0.3) is 0 Å². The number of urea groups is 1. The van der Waals surface area contributed by atoms with Crippen LogP contribution in [0.2, 0.25) is 0 Å². The average Bonchev–Trinajstić information content (AvgIpc) is 3.15. The van der Waals surface area contributed by atoms with Gasteiger partial charge in [0.15, 0.2) is 0 Å². The first-order valence-electron chi connectivity index (χ1n) is 9.66. The molecule has 0 spiro atoms. The van der Waals surface area contributed by atoms with Crippen LogP contribution >= 0.6 is 0 Å². The lowest BCUT2D eigenvalue weighted by Gasteiger charge is -2.39. The lowest BCUT2D eigenvalue weighted by atomic mass is 9.79. The average molecular weight is 348 g/mol. The van der Waals surface area contributed by atoms with E-state index in [1.54, 1.807) is 6.92 Å². The Kier molecular flexibility index (Phi) is 4.22. The van der Waals surface area contributed by atoms with Gasteiger partial charge in [-0.05, 0) is 50.9 Å². The van der Waals surface area contributed by atoms with Crippen molar-refractivity contribution in [2.45, 2.75) is 69.5 Å². The highest BCUT2D eigenvalue weighted by Crippen LogP contribution is 2.35. The molecular weight excluding hydrogens is 320 g/mol. The van der Waals surface area contributed by atoms with Gasteiger partial charge in [0.1, 0.15) is 5.54 Å². The van der Waals surface area contributed by atoms with E-state index in [2.05, 4.69) is 16.0 Å². The fraction of sp³-hybridized carbons (Fsp3) is 0.833. The third kappa shape index (κ3) is 2.92. The lowest BCUT2D eigenvalue weighted by Crippen LogP contribution is -2.55. The van der Waals surface area contributed by atoms with Crippen LogP contribution in [0.1, 0.15) is 51.9 Å². The van der Waals surface area contributed by atoms with E-state index in [0.717, 1.165) is 19.3 Å². The zero-order valence-corrected chi connectivity index (χ0v) is 14.8. The number of carbonyl (C=O) groups excluding carboxylic acids is 3. The summed E-state index contributed by atoms with van der Waals surface area (Å²) >= 11 is 0. The topological polar surface area (TPSA) is 90.5 Å². The molecule has 4 unspecified atom stereocenters. The van der Waals surface area contributed by atoms with Crippen molar-refractivity contribution in [2.75, 3.05) is 13.1 Å². The first-order valence-corrected chi connectivity index (χ1v) is 9.66. The minimum atomic E-state index is -0.841. The fourth-order valence-corrected chi connectivity index (χ4v) is 5.25. The molecule has 1 saturated carbocycles. The van der Waals surface area contributed by atoms with Gasteiger partial charge in [-0.1, -0.05) is 12.8 Å². The molecule has 3 saturated heterocycles. The predicted octanol–water partition coefficient (Wildman–Crippen LogP) is 0.744. The van der Waals surface area contributed by atoms with E-state index in [9.17, 15) is 14.4 Å². The molecule has 0 aromatic carbocycles. The minimum absolute atomic E-state index is 0.0327. The number of nitrogens with zero attached hydrogens (tertiary/aromatic N) is 1. The number of hydrogen-bond acceptors (Lipinski definition) is 4. The molecule has 4 amide bonds. The van der Waals surface area contributed by atoms with Gasteiger partial charge in [-0.2, -0.15) is 0 Å². The van der Waals surface area contributed by atoms with Crippen molar-refractivity contribution in [1.29, 1.82) is 0 Å². The summed E-state index contributed by atoms with van der Waals surface area (Å²) in [6.07, 6.45) is 7.47. The number of nitrogens with one attached hydrogen (secondary N) is 3. The molecule has 4 fully saturated rings. The summed E-state index contributed by atoms with van der Waals surface area (Å²) in [6.45, 7) is 3.12. The monoisotopic (exact) mass is 348 g/mol. The number of piperidine rings is 1. The number of imide groups is 1. The second-order valence-electron chi connectivity index (χ2n) is 8.32. The predicted molar refractivity (Wildman–Crippen MR) is 91.7 cm³/mol. The van der Waals surface area contributed by atoms with Gasteiger partial charge >= 0.3 is 6.03 Å². The summed E-state index contributed by atoms with van der Waals surface area (Å²) in [5.41, 5.74) is -0.841. The third-order valence-corrected chi connectivity index (χ3v) is 6.86. The van der Waals surface area contributed by atoms with E-state index in [1.807, 2.05) is 4.90 Å². The van der Waals surface area contributed by atoms with Crippen LogP contribution in [0.5, 0.6) is 0 Å². The van der Waals surface area contributed by atoms with Crippen LogP contribution in [0.3, 0.4) is 0 Å². The molecule has 4 rings (SSSR count). The SMILES string of the molecule is CC1(C2CCN(C(=O)C3CC4CCCCC4N3)CC2)NC(=O)NC1=O. The Morgan fingerprint density at radius 2 is 1.84 bits per heavy atom. The molecular formula is C18H28N4O3. The molecule has 0 aromatic heterocycles. The van der Waals surface area contributed by atoms with Crippen LogP contribution in [0.15, 0.2) is 0 Å². The fourth-order valence-electron chi connectivity index (χ4n) is 5.25. The Bertz CT molecular complexity index is 573. The number of likely N-dealkylation sites (tertiary alicyclic amines) is 1. The van der Waals surface area contributed by atoms with Gasteiger partial charge < -0.3 is 15.5 Å². The van der Waals surface area contributed by atoms with E-state index in [0.29, 0.717) is 25.0 Å². The van der Waals surface area contributed by atoms with E-state index in [-0.39, 0.29) is 23.8 Å². The largest absolute Gasteiger partial charge is 0.341 e. The quantitative estimate of drug-likeness (QED) is 0.642. The minimum Gasteiger partial charge on any atom is -0.341 e. The summed E-state index contributed by atoms with van der Waals surface area (Å²) < 4.78 is 0. The molecule has 7 nitrogen and oxygen atoms in total. The first kappa shape index (κ1) is 16.8. The Hall–Kier alpha value is -1.63. The van der Waals surface area contributed by atoms with Crippen LogP contribution in [0.4, 0.5) is 4.79 Å². The van der Waals surface area contributed by atoms with Crippen LogP contribution in [0, 0.1) is 11.8 Å². The number of hydrogen-bond donors (Lipinski definition) is 3. The molecule has 0 aromatic rings. The molecule has 3 heterocycles. The highest BCUT2D eigenvalue weighted by Gasteiger charge is 2.49. The van der Waals surface area contributed by atoms with Gasteiger partial charge in [-0.15, -0.1) is 0 Å². The van der Waals surface area contributed by atoms with Gasteiger partial charge in [0.05, 0.1) is 6.04 Å². The van der Waals surface area contributed by atoms with E-state index < -0.39 is 11.6 Å². The molecule has 3 aliphatic heterocycles. The summed E-state index contributed by atoms with van der Waals surface area (Å²) in [6, 6.07) is 0.0787. The summed E-state index contributed by atoms with van der Waals surface area (Å²) in [5, 5.41) is 8.66. The van der Waals surface area contributed by atoms with Gasteiger partial charge in [0, 0.05) is 19.1 Å². The van der Waals surface area contributed by atoms with Crippen molar-refractivity contribution in [3.05, 3.63) is 0 Å². The summed E-state index contributed by atoms with van der Waals surface area (Å²) in [5.74, 6) is 0.709. The van der Waals surface area contributed by atoms with Crippen LogP contribution < -0.4 is 16.0 Å². The molecule has 25 heavy (non-hydrogen) atoms. The molecule has 1 aliphatic carbocycles. The van der Waals surface area contributed by atoms with Gasteiger partial charge in [-0.25, -0.2) is 4.79 Å². The summed E-state index contributed by atoms with van der Waals surface area (Å²) in [4.78, 5) is 38.4. The maximum Gasteiger partial charge on any atom is 0.322 e. The lowest BCUT2D eigenvalue weighted by molar-refractivity contribution is -0.135. The Labute approximate surface area is 148 Å². The molecule has 4 aliphatic rings. The number of fused-ring (bicyclic) bond motifs is 1. The molecule has 7 heteroatoms.